The van der Waals surface area contributed by atoms with Gasteiger partial charge < -0.3 is 10.2 Å². The lowest BCUT2D eigenvalue weighted by molar-refractivity contribution is -0.129. The second-order valence-electron chi connectivity index (χ2n) is 7.10. The monoisotopic (exact) mass is 377 g/mol. The third-order valence-corrected chi connectivity index (χ3v) is 5.14. The average molecular weight is 377 g/mol. The number of hydrogen-bond acceptors (Lipinski definition) is 4. The van der Waals surface area contributed by atoms with E-state index in [1.165, 1.54) is 0 Å². The number of nitrogens with one attached hydrogen (secondary N) is 1. The number of aryl methyl sites for hydroxylation is 2. The molecule has 28 heavy (non-hydrogen) atoms. The minimum Gasteiger partial charge on any atom is -0.343 e. The Kier molecular flexibility index (Phi) is 4.81. The maximum Gasteiger partial charge on any atom is 0.252 e. The summed E-state index contributed by atoms with van der Waals surface area (Å²) >= 11 is 0. The number of likely N-dealkylation sites (tertiary alicyclic amines) is 1. The molecule has 1 aliphatic rings. The highest BCUT2D eigenvalue weighted by atomic mass is 16.2. The first-order valence-electron chi connectivity index (χ1n) is 9.50. The van der Waals surface area contributed by atoms with Crippen LogP contribution >= 0.6 is 0 Å². The Labute approximate surface area is 163 Å². The van der Waals surface area contributed by atoms with Crippen LogP contribution in [0, 0.1) is 6.92 Å². The molecule has 0 radical (unpaired) electrons. The van der Waals surface area contributed by atoms with E-state index < -0.39 is 0 Å². The highest BCUT2D eigenvalue weighted by Crippen LogP contribution is 2.26. The van der Waals surface area contributed by atoms with Gasteiger partial charge in [0.15, 0.2) is 5.65 Å². The minimum atomic E-state index is -0.284. The van der Waals surface area contributed by atoms with Crippen LogP contribution in [0.25, 0.3) is 22.3 Å². The highest BCUT2D eigenvalue weighted by Gasteiger charge is 2.22. The Morgan fingerprint density at radius 1 is 1.14 bits per heavy atom. The summed E-state index contributed by atoms with van der Waals surface area (Å²) in [5, 5.41) is 7.93. The highest BCUT2D eigenvalue weighted by molar-refractivity contribution is 6.08. The summed E-state index contributed by atoms with van der Waals surface area (Å²) in [5.41, 5.74) is 3.50. The lowest BCUT2D eigenvalue weighted by Gasteiger charge is -2.15. The first-order valence-corrected chi connectivity index (χ1v) is 9.50. The molecular weight excluding hydrogens is 354 g/mol. The van der Waals surface area contributed by atoms with Crippen LogP contribution in [-0.2, 0) is 11.8 Å². The fourth-order valence-electron chi connectivity index (χ4n) is 3.71. The summed E-state index contributed by atoms with van der Waals surface area (Å²) in [6, 6.07) is 11.5. The molecule has 7 nitrogen and oxygen atoms in total. The normalized spacial score (nSPS) is 13.9. The van der Waals surface area contributed by atoms with E-state index in [2.05, 4.69) is 10.4 Å². The Bertz CT molecular complexity index is 1040. The molecule has 0 aliphatic carbocycles. The van der Waals surface area contributed by atoms with Crippen LogP contribution in [0.5, 0.6) is 0 Å². The summed E-state index contributed by atoms with van der Waals surface area (Å²) in [4.78, 5) is 31.8. The molecule has 2 amide bonds. The topological polar surface area (TPSA) is 80.1 Å². The van der Waals surface area contributed by atoms with Gasteiger partial charge in [0.25, 0.3) is 5.91 Å². The quantitative estimate of drug-likeness (QED) is 0.757. The van der Waals surface area contributed by atoms with Gasteiger partial charge in [0.05, 0.1) is 28.9 Å². The van der Waals surface area contributed by atoms with E-state index in [-0.39, 0.29) is 18.4 Å². The number of carbonyl (C=O) groups excluding carboxylic acids is 2. The van der Waals surface area contributed by atoms with Gasteiger partial charge in [0, 0.05) is 25.7 Å². The van der Waals surface area contributed by atoms with Crippen molar-refractivity contribution in [2.45, 2.75) is 19.8 Å². The zero-order valence-corrected chi connectivity index (χ0v) is 16.1. The molecule has 0 atom stereocenters. The van der Waals surface area contributed by atoms with E-state index >= 15 is 0 Å². The van der Waals surface area contributed by atoms with Crippen molar-refractivity contribution >= 4 is 22.8 Å². The van der Waals surface area contributed by atoms with Gasteiger partial charge in [-0.25, -0.2) is 4.98 Å². The summed E-state index contributed by atoms with van der Waals surface area (Å²) < 4.78 is 1.68. The number of rotatable bonds is 4. The maximum absolute atomic E-state index is 13.0. The molecule has 144 valence electrons. The molecule has 1 aliphatic heterocycles. The van der Waals surface area contributed by atoms with Crippen molar-refractivity contribution < 1.29 is 9.59 Å². The maximum atomic E-state index is 13.0. The van der Waals surface area contributed by atoms with Gasteiger partial charge in [-0.15, -0.1) is 0 Å². The number of nitrogens with zero attached hydrogens (tertiary/aromatic N) is 4. The van der Waals surface area contributed by atoms with Gasteiger partial charge in [-0.2, -0.15) is 5.10 Å². The number of amides is 2. The van der Waals surface area contributed by atoms with E-state index in [1.54, 1.807) is 15.6 Å². The van der Waals surface area contributed by atoms with Crippen molar-refractivity contribution in [3.8, 4) is 11.3 Å². The number of hydrogen-bond donors (Lipinski definition) is 1. The molecule has 1 N–H and O–H groups in total. The molecule has 3 heterocycles. The molecule has 0 bridgehead atoms. The minimum absolute atomic E-state index is 0.00261. The van der Waals surface area contributed by atoms with E-state index in [0.717, 1.165) is 37.2 Å². The van der Waals surface area contributed by atoms with Crippen molar-refractivity contribution in [1.82, 2.24) is 25.0 Å². The van der Waals surface area contributed by atoms with E-state index in [1.807, 2.05) is 44.3 Å². The number of pyridine rings is 1. The van der Waals surface area contributed by atoms with Crippen molar-refractivity contribution in [3.05, 3.63) is 47.7 Å². The summed E-state index contributed by atoms with van der Waals surface area (Å²) in [5.74, 6) is -0.324. The fraction of sp³-hybridized carbons (Fsp3) is 0.333. The Hall–Kier alpha value is -3.22. The first-order chi connectivity index (χ1) is 13.5. The predicted molar refractivity (Wildman–Crippen MR) is 107 cm³/mol. The number of carbonyl (C=O) groups is 2. The molecular formula is C21H23N5O2. The smallest absolute Gasteiger partial charge is 0.252 e. The second kappa shape index (κ2) is 7.42. The predicted octanol–water partition coefficient (Wildman–Crippen LogP) is 2.30. The van der Waals surface area contributed by atoms with Crippen LogP contribution in [0.15, 0.2) is 36.4 Å². The lowest BCUT2D eigenvalue weighted by Crippen LogP contribution is -2.38. The number of benzene rings is 1. The first kappa shape index (κ1) is 18.2. The summed E-state index contributed by atoms with van der Waals surface area (Å²) in [7, 11) is 1.82. The Balaban J connectivity index is 1.68. The lowest BCUT2D eigenvalue weighted by atomic mass is 10.0. The number of fused-ring (bicyclic) bond motifs is 1. The van der Waals surface area contributed by atoms with Crippen LogP contribution < -0.4 is 5.32 Å². The SMILES string of the molecule is Cc1nn(C)c2nc(-c3ccccc3)cc(C(=O)NCC(=O)N3CCCC3)c12. The standard InChI is InChI=1S/C21H23N5O2/c1-14-19-16(21(28)22-13-18(27)26-10-6-7-11-26)12-17(15-8-4-3-5-9-15)23-20(19)25(2)24-14/h3-5,8-9,12H,6-7,10-11,13H2,1-2H3,(H,22,28). The summed E-state index contributed by atoms with van der Waals surface area (Å²) in [6.45, 7) is 3.41. The van der Waals surface area contributed by atoms with Crippen molar-refractivity contribution in [2.24, 2.45) is 7.05 Å². The van der Waals surface area contributed by atoms with Crippen LogP contribution in [0.3, 0.4) is 0 Å². The van der Waals surface area contributed by atoms with Crippen LogP contribution in [0.1, 0.15) is 28.9 Å². The van der Waals surface area contributed by atoms with E-state index in [4.69, 9.17) is 4.98 Å². The average Bonchev–Trinajstić information content (AvgIpc) is 3.35. The van der Waals surface area contributed by atoms with Crippen LogP contribution in [0.2, 0.25) is 0 Å². The van der Waals surface area contributed by atoms with Crippen molar-refractivity contribution in [1.29, 1.82) is 0 Å². The molecule has 1 saturated heterocycles. The second-order valence-corrected chi connectivity index (χ2v) is 7.10. The van der Waals surface area contributed by atoms with Gasteiger partial charge in [-0.3, -0.25) is 14.3 Å². The molecule has 1 aromatic carbocycles. The Morgan fingerprint density at radius 3 is 2.57 bits per heavy atom. The van der Waals surface area contributed by atoms with E-state index in [9.17, 15) is 9.59 Å². The summed E-state index contributed by atoms with van der Waals surface area (Å²) in [6.07, 6.45) is 2.06. The van der Waals surface area contributed by atoms with Gasteiger partial charge in [0.1, 0.15) is 0 Å². The van der Waals surface area contributed by atoms with Gasteiger partial charge in [0.2, 0.25) is 5.91 Å². The third kappa shape index (κ3) is 3.35. The number of aromatic nitrogens is 3. The van der Waals surface area contributed by atoms with Gasteiger partial charge in [-0.1, -0.05) is 30.3 Å². The molecule has 1 fully saturated rings. The van der Waals surface area contributed by atoms with Crippen LogP contribution in [0.4, 0.5) is 0 Å². The third-order valence-electron chi connectivity index (χ3n) is 5.14. The van der Waals surface area contributed by atoms with Crippen molar-refractivity contribution in [3.63, 3.8) is 0 Å². The molecule has 0 unspecified atom stereocenters. The largest absolute Gasteiger partial charge is 0.343 e. The fourth-order valence-corrected chi connectivity index (χ4v) is 3.71. The molecule has 0 spiro atoms. The molecule has 3 aromatic rings. The molecule has 7 heteroatoms. The molecule has 2 aromatic heterocycles. The molecule has 4 rings (SSSR count). The van der Waals surface area contributed by atoms with Gasteiger partial charge in [-0.05, 0) is 25.8 Å². The van der Waals surface area contributed by atoms with Crippen LogP contribution in [-0.4, -0.2) is 51.1 Å². The van der Waals surface area contributed by atoms with Crippen molar-refractivity contribution in [2.75, 3.05) is 19.6 Å². The Morgan fingerprint density at radius 2 is 1.86 bits per heavy atom. The van der Waals surface area contributed by atoms with E-state index in [0.29, 0.717) is 22.3 Å². The zero-order chi connectivity index (χ0) is 19.7. The zero-order valence-electron chi connectivity index (χ0n) is 16.1. The van der Waals surface area contributed by atoms with Gasteiger partial charge >= 0.3 is 0 Å². The molecule has 0 saturated carbocycles.